The number of halogens is 6. The number of hydrogen-bond donors (Lipinski definition) is 2. The van der Waals surface area contributed by atoms with Crippen molar-refractivity contribution in [3.8, 4) is 0 Å². The van der Waals surface area contributed by atoms with Gasteiger partial charge in [0.2, 0.25) is 0 Å². The first-order valence-corrected chi connectivity index (χ1v) is 12.4. The zero-order valence-corrected chi connectivity index (χ0v) is 21.8. The molecule has 2 fully saturated rings. The van der Waals surface area contributed by atoms with Gasteiger partial charge in [-0.2, -0.15) is 26.3 Å². The van der Waals surface area contributed by atoms with E-state index in [2.05, 4.69) is 46.5 Å². The lowest BCUT2D eigenvalue weighted by atomic mass is 9.84. The minimum atomic E-state index is -5.08. The Bertz CT molecular complexity index is 1080. The molecule has 2 N–H and O–H groups in total. The summed E-state index contributed by atoms with van der Waals surface area (Å²) in [7, 11) is 0. The van der Waals surface area contributed by atoms with Crippen LogP contribution in [-0.2, 0) is 32.2 Å². The van der Waals surface area contributed by atoms with Crippen LogP contribution in [0, 0.1) is 13.8 Å². The zero-order chi connectivity index (χ0) is 29.4. The molecule has 0 aliphatic carbocycles. The lowest BCUT2D eigenvalue weighted by Gasteiger charge is -2.53. The summed E-state index contributed by atoms with van der Waals surface area (Å²) < 4.78 is 75.8. The van der Waals surface area contributed by atoms with Crippen LogP contribution in [0.5, 0.6) is 0 Å². The van der Waals surface area contributed by atoms with Gasteiger partial charge in [-0.1, -0.05) is 24.3 Å². The molecule has 8 nitrogen and oxygen atoms in total. The number of alkyl halides is 6. The minimum absolute atomic E-state index is 0.00356. The SMILES string of the molecule is Cc1nc(COC2CCOC3(C2)CN(Cc2ccccc2C)C3)cs1.O=C(O)C(F)(F)F.O=C(O)C(F)(F)F. The molecule has 3 heterocycles. The number of ether oxygens (including phenoxy) is 2. The van der Waals surface area contributed by atoms with Crippen LogP contribution in [0.3, 0.4) is 0 Å². The van der Waals surface area contributed by atoms with Crippen molar-refractivity contribution in [3.63, 3.8) is 0 Å². The lowest BCUT2D eigenvalue weighted by molar-refractivity contribution is -0.200. The molecule has 2 aliphatic rings. The molecular weight excluding hydrogens is 558 g/mol. The summed E-state index contributed by atoms with van der Waals surface area (Å²) in [6.07, 6.45) is -7.89. The summed E-state index contributed by atoms with van der Waals surface area (Å²) in [5, 5.41) is 17.4. The average molecular weight is 587 g/mol. The highest BCUT2D eigenvalue weighted by molar-refractivity contribution is 7.09. The van der Waals surface area contributed by atoms with Crippen molar-refractivity contribution in [1.29, 1.82) is 0 Å². The Morgan fingerprint density at radius 3 is 2.15 bits per heavy atom. The summed E-state index contributed by atoms with van der Waals surface area (Å²) in [6.45, 7) is 8.69. The maximum atomic E-state index is 10.6. The van der Waals surface area contributed by atoms with Gasteiger partial charge in [0.25, 0.3) is 0 Å². The first kappa shape index (κ1) is 32.5. The molecule has 218 valence electrons. The Morgan fingerprint density at radius 2 is 1.67 bits per heavy atom. The molecule has 4 rings (SSSR count). The van der Waals surface area contributed by atoms with E-state index < -0.39 is 24.3 Å². The summed E-state index contributed by atoms with van der Waals surface area (Å²) in [4.78, 5) is 24.8. The number of likely N-dealkylation sites (tertiary alicyclic amines) is 1. The average Bonchev–Trinajstić information content (AvgIpc) is 3.23. The Labute approximate surface area is 224 Å². The Balaban J connectivity index is 0.000000317. The number of aromatic nitrogens is 1. The smallest absolute Gasteiger partial charge is 0.475 e. The zero-order valence-electron chi connectivity index (χ0n) is 21.0. The number of hydrogen-bond acceptors (Lipinski definition) is 7. The second kappa shape index (κ2) is 13.5. The summed E-state index contributed by atoms with van der Waals surface area (Å²) >= 11 is 1.69. The molecule has 0 radical (unpaired) electrons. The highest BCUT2D eigenvalue weighted by atomic mass is 32.1. The quantitative estimate of drug-likeness (QED) is 0.473. The Hall–Kier alpha value is -2.75. The van der Waals surface area contributed by atoms with Gasteiger partial charge < -0.3 is 19.7 Å². The number of carboxylic acids is 2. The molecule has 1 aromatic carbocycles. The normalized spacial score (nSPS) is 18.7. The van der Waals surface area contributed by atoms with Gasteiger partial charge in [-0.05, 0) is 31.4 Å². The molecule has 1 atom stereocenters. The maximum Gasteiger partial charge on any atom is 0.490 e. The van der Waals surface area contributed by atoms with Crippen molar-refractivity contribution in [2.24, 2.45) is 0 Å². The highest BCUT2D eigenvalue weighted by Gasteiger charge is 2.47. The van der Waals surface area contributed by atoms with Crippen LogP contribution < -0.4 is 0 Å². The van der Waals surface area contributed by atoms with Crippen LogP contribution in [0.15, 0.2) is 29.6 Å². The molecule has 1 spiro atoms. The fraction of sp³-hybridized carbons (Fsp3) is 0.542. The van der Waals surface area contributed by atoms with Crippen LogP contribution in [0.4, 0.5) is 26.3 Å². The number of thiazole rings is 1. The Morgan fingerprint density at radius 1 is 1.10 bits per heavy atom. The van der Waals surface area contributed by atoms with E-state index in [9.17, 15) is 26.3 Å². The molecule has 1 aromatic heterocycles. The van der Waals surface area contributed by atoms with Crippen molar-refractivity contribution in [1.82, 2.24) is 9.88 Å². The number of benzene rings is 1. The van der Waals surface area contributed by atoms with E-state index in [1.165, 1.54) is 11.1 Å². The highest BCUT2D eigenvalue weighted by Crippen LogP contribution is 2.36. The number of rotatable bonds is 5. The van der Waals surface area contributed by atoms with Crippen LogP contribution in [0.25, 0.3) is 0 Å². The van der Waals surface area contributed by atoms with E-state index >= 15 is 0 Å². The standard InChI is InChI=1S/C20H26N2O2S.2C2HF3O2/c1-15-5-3-4-6-17(15)10-22-13-20(14-22)9-19(7-8-24-20)23-11-18-12-25-16(2)21-18;2*3-2(4,5)1(6)7/h3-6,12,19H,7-11,13-14H2,1-2H3;2*(H,6,7). The van der Waals surface area contributed by atoms with Crippen molar-refractivity contribution in [2.75, 3.05) is 19.7 Å². The maximum absolute atomic E-state index is 10.6. The molecule has 15 heteroatoms. The van der Waals surface area contributed by atoms with Crippen LogP contribution >= 0.6 is 11.3 Å². The van der Waals surface area contributed by atoms with Crippen LogP contribution in [0.1, 0.15) is 34.7 Å². The summed E-state index contributed by atoms with van der Waals surface area (Å²) in [5.74, 6) is -5.51. The van der Waals surface area contributed by atoms with E-state index in [4.69, 9.17) is 29.3 Å². The third-order valence-corrected chi connectivity index (χ3v) is 6.57. The molecule has 0 saturated carbocycles. The van der Waals surface area contributed by atoms with Gasteiger partial charge in [-0.25, -0.2) is 14.6 Å². The molecule has 1 unspecified atom stereocenters. The van der Waals surface area contributed by atoms with E-state index in [0.717, 1.165) is 49.8 Å². The van der Waals surface area contributed by atoms with Gasteiger partial charge in [-0.15, -0.1) is 11.3 Å². The monoisotopic (exact) mass is 586 g/mol. The fourth-order valence-electron chi connectivity index (χ4n) is 3.93. The predicted octanol–water partition coefficient (Wildman–Crippen LogP) is 4.98. The van der Waals surface area contributed by atoms with Gasteiger partial charge >= 0.3 is 24.3 Å². The van der Waals surface area contributed by atoms with Gasteiger partial charge in [0.1, 0.15) is 0 Å². The molecule has 39 heavy (non-hydrogen) atoms. The van der Waals surface area contributed by atoms with Gasteiger partial charge in [0.05, 0.1) is 29.0 Å². The number of aryl methyl sites for hydroxylation is 2. The summed E-state index contributed by atoms with van der Waals surface area (Å²) in [6, 6.07) is 8.64. The number of nitrogens with zero attached hydrogens (tertiary/aromatic N) is 2. The minimum Gasteiger partial charge on any atom is -0.475 e. The second-order valence-electron chi connectivity index (χ2n) is 8.99. The first-order chi connectivity index (χ1) is 18.0. The van der Waals surface area contributed by atoms with Gasteiger partial charge in [0.15, 0.2) is 0 Å². The first-order valence-electron chi connectivity index (χ1n) is 11.5. The third-order valence-electron chi connectivity index (χ3n) is 5.74. The number of aliphatic carboxylic acids is 2. The fourth-order valence-corrected chi connectivity index (χ4v) is 4.53. The van der Waals surface area contributed by atoms with Gasteiger partial charge in [-0.3, -0.25) is 4.90 Å². The second-order valence-corrected chi connectivity index (χ2v) is 10.1. The molecule has 0 amide bonds. The third kappa shape index (κ3) is 10.7. The van der Waals surface area contributed by atoms with Crippen molar-refractivity contribution >= 4 is 23.3 Å². The topological polar surface area (TPSA) is 109 Å². The number of carboxylic acid groups (broad SMARTS) is 2. The Kier molecular flexibility index (Phi) is 11.3. The van der Waals surface area contributed by atoms with Gasteiger partial charge in [0, 0.05) is 38.0 Å². The molecule has 2 aromatic rings. The van der Waals surface area contributed by atoms with Crippen molar-refractivity contribution in [2.45, 2.75) is 63.9 Å². The van der Waals surface area contributed by atoms with E-state index in [1.807, 2.05) is 6.92 Å². The van der Waals surface area contributed by atoms with E-state index in [1.54, 1.807) is 11.3 Å². The largest absolute Gasteiger partial charge is 0.490 e. The van der Waals surface area contributed by atoms with Crippen molar-refractivity contribution in [3.05, 3.63) is 51.5 Å². The summed E-state index contributed by atoms with van der Waals surface area (Å²) in [5.41, 5.74) is 3.84. The molecule has 2 saturated heterocycles. The van der Waals surface area contributed by atoms with E-state index in [-0.39, 0.29) is 11.7 Å². The molecular formula is C24H28F6N2O6S. The van der Waals surface area contributed by atoms with Crippen LogP contribution in [0.2, 0.25) is 0 Å². The predicted molar refractivity (Wildman–Crippen MR) is 127 cm³/mol. The van der Waals surface area contributed by atoms with Crippen molar-refractivity contribution < 1.29 is 55.6 Å². The van der Waals surface area contributed by atoms with E-state index in [0.29, 0.717) is 6.61 Å². The molecule has 0 bridgehead atoms. The number of carbonyl (C=O) groups is 2. The lowest BCUT2D eigenvalue weighted by Crippen LogP contribution is -2.65. The molecule has 2 aliphatic heterocycles. The van der Waals surface area contributed by atoms with Crippen LogP contribution in [-0.4, -0.2) is 75.8 Å².